The molecule has 0 spiro atoms. The van der Waals surface area contributed by atoms with Gasteiger partial charge in [0.1, 0.15) is 6.10 Å². The lowest BCUT2D eigenvalue weighted by molar-refractivity contribution is -0.122. The van der Waals surface area contributed by atoms with Crippen molar-refractivity contribution in [2.75, 3.05) is 13.1 Å². The van der Waals surface area contributed by atoms with Crippen LogP contribution in [0.5, 0.6) is 0 Å². The van der Waals surface area contributed by atoms with E-state index >= 15 is 0 Å². The molecular formula is C17H32N2O4. The summed E-state index contributed by atoms with van der Waals surface area (Å²) >= 11 is 0. The van der Waals surface area contributed by atoms with Crippen LogP contribution in [-0.4, -0.2) is 58.7 Å². The Morgan fingerprint density at radius 3 is 2.52 bits per heavy atom. The Morgan fingerprint density at radius 2 is 1.78 bits per heavy atom. The average molecular weight is 328 g/mol. The molecule has 2 aliphatic rings. The first kappa shape index (κ1) is 18.6. The molecule has 1 heterocycles. The van der Waals surface area contributed by atoms with E-state index < -0.39 is 24.4 Å². The van der Waals surface area contributed by atoms with E-state index in [-0.39, 0.29) is 19.0 Å². The number of amides is 1. The number of unbranched alkanes of at least 4 members (excludes halogenated alkanes) is 1. The standard InChI is InChI=1S/C17H32N2O4/c20-14-11-18-13(16(22)17(14)23)10-19-15(21)9-5-4-8-12-6-2-1-3-7-12/h12-14,16-18,20,22-23H,1-11H2,(H,19,21)/t13-,14+,16+,17-/m1/s1. The number of aliphatic hydroxyl groups is 3. The van der Waals surface area contributed by atoms with Crippen LogP contribution in [0.4, 0.5) is 0 Å². The van der Waals surface area contributed by atoms with Gasteiger partial charge in [-0.2, -0.15) is 0 Å². The maximum Gasteiger partial charge on any atom is 0.220 e. The number of nitrogens with one attached hydrogen (secondary N) is 2. The third-order valence-electron chi connectivity index (χ3n) is 5.26. The van der Waals surface area contributed by atoms with E-state index in [1.165, 1.54) is 38.5 Å². The molecular weight excluding hydrogens is 296 g/mol. The summed E-state index contributed by atoms with van der Waals surface area (Å²) in [4.78, 5) is 11.9. The van der Waals surface area contributed by atoms with Crippen molar-refractivity contribution in [1.29, 1.82) is 0 Å². The molecule has 1 aliphatic heterocycles. The van der Waals surface area contributed by atoms with Gasteiger partial charge in [0.05, 0.1) is 18.2 Å². The smallest absolute Gasteiger partial charge is 0.220 e. The Morgan fingerprint density at radius 1 is 1.04 bits per heavy atom. The van der Waals surface area contributed by atoms with Crippen LogP contribution < -0.4 is 10.6 Å². The van der Waals surface area contributed by atoms with Crippen molar-refractivity contribution in [1.82, 2.24) is 10.6 Å². The summed E-state index contributed by atoms with van der Waals surface area (Å²) in [6, 6.07) is -0.417. The quantitative estimate of drug-likeness (QED) is 0.433. The van der Waals surface area contributed by atoms with Crippen LogP contribution in [0.2, 0.25) is 0 Å². The van der Waals surface area contributed by atoms with Gasteiger partial charge in [0.15, 0.2) is 0 Å². The third-order valence-corrected chi connectivity index (χ3v) is 5.26. The molecule has 134 valence electrons. The molecule has 5 N–H and O–H groups in total. The molecule has 1 saturated carbocycles. The fourth-order valence-corrected chi connectivity index (χ4v) is 3.68. The van der Waals surface area contributed by atoms with E-state index in [4.69, 9.17) is 0 Å². The van der Waals surface area contributed by atoms with Crippen LogP contribution in [0.3, 0.4) is 0 Å². The largest absolute Gasteiger partial charge is 0.389 e. The first-order valence-electron chi connectivity index (χ1n) is 9.12. The van der Waals surface area contributed by atoms with Gasteiger partial charge in [-0.15, -0.1) is 0 Å². The topological polar surface area (TPSA) is 102 Å². The highest BCUT2D eigenvalue weighted by Crippen LogP contribution is 2.27. The summed E-state index contributed by atoms with van der Waals surface area (Å²) in [5.74, 6) is 0.851. The molecule has 4 atom stereocenters. The van der Waals surface area contributed by atoms with Crippen molar-refractivity contribution in [3.63, 3.8) is 0 Å². The van der Waals surface area contributed by atoms with Gasteiger partial charge in [0.25, 0.3) is 0 Å². The number of piperidine rings is 1. The predicted molar refractivity (Wildman–Crippen MR) is 87.9 cm³/mol. The van der Waals surface area contributed by atoms with Crippen LogP contribution in [0.1, 0.15) is 57.8 Å². The van der Waals surface area contributed by atoms with Crippen molar-refractivity contribution < 1.29 is 20.1 Å². The minimum Gasteiger partial charge on any atom is -0.389 e. The van der Waals surface area contributed by atoms with E-state index in [2.05, 4.69) is 10.6 Å². The number of carbonyl (C=O) groups is 1. The van der Waals surface area contributed by atoms with Crippen LogP contribution in [-0.2, 0) is 4.79 Å². The van der Waals surface area contributed by atoms with Crippen molar-refractivity contribution in [3.8, 4) is 0 Å². The summed E-state index contributed by atoms with van der Waals surface area (Å²) in [6.45, 7) is 0.493. The van der Waals surface area contributed by atoms with Crippen LogP contribution >= 0.6 is 0 Å². The summed E-state index contributed by atoms with van der Waals surface area (Å²) < 4.78 is 0. The summed E-state index contributed by atoms with van der Waals surface area (Å²) in [5, 5.41) is 34.7. The molecule has 2 fully saturated rings. The highest BCUT2D eigenvalue weighted by molar-refractivity contribution is 5.75. The molecule has 1 aliphatic carbocycles. The Hall–Kier alpha value is -0.690. The van der Waals surface area contributed by atoms with Gasteiger partial charge in [-0.1, -0.05) is 44.9 Å². The lowest BCUT2D eigenvalue weighted by Gasteiger charge is -2.36. The molecule has 0 radical (unpaired) electrons. The van der Waals surface area contributed by atoms with Gasteiger partial charge >= 0.3 is 0 Å². The second-order valence-electron chi connectivity index (χ2n) is 7.12. The van der Waals surface area contributed by atoms with Crippen molar-refractivity contribution >= 4 is 5.91 Å². The highest BCUT2D eigenvalue weighted by atomic mass is 16.4. The molecule has 6 nitrogen and oxygen atoms in total. The monoisotopic (exact) mass is 328 g/mol. The Labute approximate surface area is 138 Å². The molecule has 1 amide bonds. The number of aliphatic hydroxyl groups excluding tert-OH is 3. The second-order valence-corrected chi connectivity index (χ2v) is 7.12. The molecule has 0 bridgehead atoms. The minimum atomic E-state index is -1.16. The van der Waals surface area contributed by atoms with Gasteiger partial charge < -0.3 is 26.0 Å². The lowest BCUT2D eigenvalue weighted by atomic mass is 9.85. The zero-order valence-corrected chi connectivity index (χ0v) is 13.9. The fraction of sp³-hybridized carbons (Fsp3) is 0.941. The first-order chi connectivity index (χ1) is 11.1. The van der Waals surface area contributed by atoms with Crippen molar-refractivity contribution in [2.24, 2.45) is 5.92 Å². The normalized spacial score (nSPS) is 32.7. The van der Waals surface area contributed by atoms with E-state index in [1.54, 1.807) is 0 Å². The van der Waals surface area contributed by atoms with Gasteiger partial charge in [-0.05, 0) is 12.3 Å². The third kappa shape index (κ3) is 6.03. The zero-order valence-electron chi connectivity index (χ0n) is 13.9. The Balaban J connectivity index is 1.54. The molecule has 0 aromatic rings. The Kier molecular flexibility index (Phi) is 7.76. The van der Waals surface area contributed by atoms with E-state index in [0.29, 0.717) is 6.42 Å². The minimum absolute atomic E-state index is 0.0109. The van der Waals surface area contributed by atoms with Crippen molar-refractivity contribution in [3.05, 3.63) is 0 Å². The number of rotatable bonds is 7. The summed E-state index contributed by atoms with van der Waals surface area (Å²) in [6.07, 6.45) is 7.39. The molecule has 0 unspecified atom stereocenters. The molecule has 0 aromatic carbocycles. The van der Waals surface area contributed by atoms with Crippen LogP contribution in [0, 0.1) is 5.92 Å². The maximum absolute atomic E-state index is 11.9. The van der Waals surface area contributed by atoms with Gasteiger partial charge in [-0.3, -0.25) is 4.79 Å². The molecule has 23 heavy (non-hydrogen) atoms. The average Bonchev–Trinajstić information content (AvgIpc) is 2.57. The van der Waals surface area contributed by atoms with Crippen LogP contribution in [0.15, 0.2) is 0 Å². The maximum atomic E-state index is 11.9. The van der Waals surface area contributed by atoms with E-state index in [0.717, 1.165) is 18.8 Å². The SMILES string of the molecule is O=C(CCCCC1CCCCC1)NC[C@H]1NC[C@H](O)[C@@H](O)[C@H]1O. The molecule has 1 saturated heterocycles. The number of hydrogen-bond donors (Lipinski definition) is 5. The van der Waals surface area contributed by atoms with Crippen molar-refractivity contribution in [2.45, 2.75) is 82.1 Å². The molecule has 6 heteroatoms. The lowest BCUT2D eigenvalue weighted by Crippen LogP contribution is -2.62. The predicted octanol–water partition coefficient (Wildman–Crippen LogP) is 0.298. The number of β-amino-alcohol motifs (C(OH)–C–C–N with tert-alkyl or cyclic N) is 1. The first-order valence-corrected chi connectivity index (χ1v) is 9.12. The zero-order chi connectivity index (χ0) is 16.7. The van der Waals surface area contributed by atoms with E-state index in [9.17, 15) is 20.1 Å². The Bertz CT molecular complexity index is 361. The van der Waals surface area contributed by atoms with Crippen LogP contribution in [0.25, 0.3) is 0 Å². The summed E-state index contributed by atoms with van der Waals surface area (Å²) in [5.41, 5.74) is 0. The summed E-state index contributed by atoms with van der Waals surface area (Å²) in [7, 11) is 0. The van der Waals surface area contributed by atoms with Gasteiger partial charge in [-0.25, -0.2) is 0 Å². The highest BCUT2D eigenvalue weighted by Gasteiger charge is 2.36. The fourth-order valence-electron chi connectivity index (χ4n) is 3.68. The molecule has 2 rings (SSSR count). The number of hydrogen-bond acceptors (Lipinski definition) is 5. The van der Waals surface area contributed by atoms with E-state index in [1.807, 2.05) is 0 Å². The number of carbonyl (C=O) groups excluding carboxylic acids is 1. The van der Waals surface area contributed by atoms with Gasteiger partial charge in [0.2, 0.25) is 5.91 Å². The second kappa shape index (κ2) is 9.57. The molecule has 0 aromatic heterocycles. The van der Waals surface area contributed by atoms with Gasteiger partial charge in [0, 0.05) is 19.5 Å².